The Bertz CT molecular complexity index is 1500. The standard InChI is InChI=1S/C60H104NO8P/c1-6-8-10-12-14-16-18-20-22-23-24-25-26-27-28-29-30-31-32-33-34-35-36-37-39-41-43-45-47-49-51-53-60(63)69-58(57-68-70(64,65)67-55-54-61(3,4)5)56-66-59(62)52-50-48-46-44-42-40-38-21-19-17-15-13-11-9-7-2/h8-11,14-17,20-22,24-25,38,42,44,58H,6-7,12-13,18-19,23,26-37,39-41,43,45-57H2,1-5H3/p+1/b10-8-,11-9-,16-14-,17-15-,22-20-,25-24-,38-21-,44-42-. The normalized spacial score (nSPS) is 14.1. The number of phosphoric acid groups is 1. The van der Waals surface area contributed by atoms with Crippen LogP contribution < -0.4 is 0 Å². The van der Waals surface area contributed by atoms with Gasteiger partial charge in [0.15, 0.2) is 6.10 Å². The van der Waals surface area contributed by atoms with Crippen LogP contribution in [0.2, 0.25) is 0 Å². The van der Waals surface area contributed by atoms with Gasteiger partial charge in [-0.1, -0.05) is 214 Å². The third-order valence-electron chi connectivity index (χ3n) is 11.6. The summed E-state index contributed by atoms with van der Waals surface area (Å²) in [5.74, 6) is -0.847. The molecule has 70 heavy (non-hydrogen) atoms. The Morgan fingerprint density at radius 3 is 1.17 bits per heavy atom. The molecule has 0 aromatic heterocycles. The summed E-state index contributed by atoms with van der Waals surface area (Å²) in [6.07, 6.45) is 69.2. The summed E-state index contributed by atoms with van der Waals surface area (Å²) >= 11 is 0. The second kappa shape index (κ2) is 50.9. The average molecular weight is 999 g/mol. The van der Waals surface area contributed by atoms with Crippen molar-refractivity contribution in [2.45, 2.75) is 225 Å². The van der Waals surface area contributed by atoms with Gasteiger partial charge in [-0.25, -0.2) is 4.57 Å². The predicted molar refractivity (Wildman–Crippen MR) is 298 cm³/mol. The van der Waals surface area contributed by atoms with Crippen LogP contribution in [0.3, 0.4) is 0 Å². The van der Waals surface area contributed by atoms with Crippen molar-refractivity contribution in [2.24, 2.45) is 0 Å². The molecule has 2 unspecified atom stereocenters. The molecular formula is C60H105NO8P+. The van der Waals surface area contributed by atoms with Crippen molar-refractivity contribution < 1.29 is 42.1 Å². The summed E-state index contributed by atoms with van der Waals surface area (Å²) in [6.45, 7) is 4.15. The van der Waals surface area contributed by atoms with E-state index in [1.165, 1.54) is 96.3 Å². The van der Waals surface area contributed by atoms with E-state index in [1.54, 1.807) is 0 Å². The molecule has 0 amide bonds. The van der Waals surface area contributed by atoms with E-state index >= 15 is 0 Å². The number of hydrogen-bond acceptors (Lipinski definition) is 7. The van der Waals surface area contributed by atoms with Crippen LogP contribution in [0.1, 0.15) is 219 Å². The third-order valence-corrected chi connectivity index (χ3v) is 12.6. The molecule has 0 aromatic rings. The van der Waals surface area contributed by atoms with E-state index in [9.17, 15) is 19.0 Å². The van der Waals surface area contributed by atoms with Gasteiger partial charge in [0.05, 0.1) is 27.7 Å². The number of rotatable bonds is 50. The number of carbonyl (C=O) groups is 2. The lowest BCUT2D eigenvalue weighted by atomic mass is 10.0. The van der Waals surface area contributed by atoms with Crippen LogP contribution in [0.25, 0.3) is 0 Å². The smallest absolute Gasteiger partial charge is 0.462 e. The van der Waals surface area contributed by atoms with Crippen molar-refractivity contribution in [3.63, 3.8) is 0 Å². The van der Waals surface area contributed by atoms with Gasteiger partial charge in [0.2, 0.25) is 0 Å². The molecule has 9 nitrogen and oxygen atoms in total. The number of unbranched alkanes of at least 4 members (excludes halogenated alkanes) is 20. The first-order valence-electron chi connectivity index (χ1n) is 28.0. The monoisotopic (exact) mass is 999 g/mol. The molecule has 1 N–H and O–H groups in total. The van der Waals surface area contributed by atoms with Crippen LogP contribution in [0, 0.1) is 0 Å². The highest BCUT2D eigenvalue weighted by atomic mass is 31.2. The van der Waals surface area contributed by atoms with Crippen LogP contribution in [0.4, 0.5) is 0 Å². The summed E-state index contributed by atoms with van der Waals surface area (Å²) in [6, 6.07) is 0. The molecule has 0 aliphatic carbocycles. The maximum Gasteiger partial charge on any atom is 0.472 e. The third kappa shape index (κ3) is 54.3. The fraction of sp³-hybridized carbons (Fsp3) is 0.700. The maximum absolute atomic E-state index is 12.8. The van der Waals surface area contributed by atoms with Gasteiger partial charge in [0.25, 0.3) is 0 Å². The maximum atomic E-state index is 12.8. The zero-order chi connectivity index (χ0) is 51.3. The molecule has 0 saturated heterocycles. The summed E-state index contributed by atoms with van der Waals surface area (Å²) in [5.41, 5.74) is 0. The Hall–Kier alpha value is -3.07. The van der Waals surface area contributed by atoms with Crippen molar-refractivity contribution in [2.75, 3.05) is 47.5 Å². The average Bonchev–Trinajstić information content (AvgIpc) is 3.32. The van der Waals surface area contributed by atoms with E-state index < -0.39 is 32.5 Å². The second-order valence-electron chi connectivity index (χ2n) is 19.6. The molecule has 10 heteroatoms. The Kier molecular flexibility index (Phi) is 48.6. The number of ether oxygens (including phenoxy) is 2. The van der Waals surface area contributed by atoms with E-state index in [-0.39, 0.29) is 26.1 Å². The Labute approximate surface area is 430 Å². The lowest BCUT2D eigenvalue weighted by Gasteiger charge is -2.24. The van der Waals surface area contributed by atoms with E-state index in [0.717, 1.165) is 83.5 Å². The van der Waals surface area contributed by atoms with Crippen LogP contribution in [-0.4, -0.2) is 74.9 Å². The minimum absolute atomic E-state index is 0.0216. The molecule has 0 heterocycles. The SMILES string of the molecule is CC/C=C\C/C=C\C/C=C\C/C=C\CCCCCCCCCCCCCCCCCCCCC(=O)OC(COC(=O)CCCC/C=C\C/C=C\C/C=C\C/C=C\CC)COP(=O)(O)OCC[N+](C)(C)C. The van der Waals surface area contributed by atoms with Crippen LogP contribution in [0.15, 0.2) is 97.2 Å². The molecule has 0 bridgehead atoms. The summed E-state index contributed by atoms with van der Waals surface area (Å²) in [5, 5.41) is 0. The first-order chi connectivity index (χ1) is 34.0. The summed E-state index contributed by atoms with van der Waals surface area (Å²) in [7, 11) is 1.45. The van der Waals surface area contributed by atoms with Gasteiger partial charge in [-0.15, -0.1) is 0 Å². The highest BCUT2D eigenvalue weighted by Crippen LogP contribution is 2.43. The van der Waals surface area contributed by atoms with Gasteiger partial charge in [0, 0.05) is 12.8 Å². The molecule has 0 saturated carbocycles. The largest absolute Gasteiger partial charge is 0.472 e. The van der Waals surface area contributed by atoms with E-state index in [1.807, 2.05) is 21.1 Å². The molecule has 0 fully saturated rings. The minimum Gasteiger partial charge on any atom is -0.462 e. The van der Waals surface area contributed by atoms with Crippen molar-refractivity contribution >= 4 is 19.8 Å². The number of quaternary nitrogens is 1. The minimum atomic E-state index is -4.40. The molecule has 0 aliphatic heterocycles. The van der Waals surface area contributed by atoms with Crippen molar-refractivity contribution in [3.8, 4) is 0 Å². The van der Waals surface area contributed by atoms with Crippen LogP contribution >= 0.6 is 7.82 Å². The molecule has 0 rings (SSSR count). The topological polar surface area (TPSA) is 108 Å². The van der Waals surface area contributed by atoms with Crippen molar-refractivity contribution in [1.82, 2.24) is 0 Å². The van der Waals surface area contributed by atoms with Gasteiger partial charge in [-0.05, 0) is 89.9 Å². The van der Waals surface area contributed by atoms with E-state index in [2.05, 4.69) is 111 Å². The number of likely N-dealkylation sites (N-methyl/N-ethyl adjacent to an activating group) is 1. The number of esters is 2. The number of hydrogen-bond donors (Lipinski definition) is 1. The van der Waals surface area contributed by atoms with Gasteiger partial charge in [0.1, 0.15) is 19.8 Å². The van der Waals surface area contributed by atoms with E-state index in [0.29, 0.717) is 23.9 Å². The molecule has 0 aromatic carbocycles. The number of allylic oxidation sites excluding steroid dienone is 16. The highest BCUT2D eigenvalue weighted by molar-refractivity contribution is 7.47. The first-order valence-corrected chi connectivity index (χ1v) is 29.5. The Morgan fingerprint density at radius 1 is 0.443 bits per heavy atom. The Morgan fingerprint density at radius 2 is 0.771 bits per heavy atom. The molecule has 2 atom stereocenters. The lowest BCUT2D eigenvalue weighted by Crippen LogP contribution is -2.37. The molecule has 0 aliphatic rings. The number of carbonyl (C=O) groups excluding carboxylic acids is 2. The fourth-order valence-electron chi connectivity index (χ4n) is 7.35. The van der Waals surface area contributed by atoms with Gasteiger partial charge >= 0.3 is 19.8 Å². The quantitative estimate of drug-likeness (QED) is 0.0211. The molecule has 402 valence electrons. The van der Waals surface area contributed by atoms with Gasteiger partial charge in [-0.2, -0.15) is 0 Å². The van der Waals surface area contributed by atoms with Gasteiger partial charge in [-0.3, -0.25) is 18.6 Å². The predicted octanol–water partition coefficient (Wildman–Crippen LogP) is 17.3. The summed E-state index contributed by atoms with van der Waals surface area (Å²) < 4.78 is 34.4. The zero-order valence-electron chi connectivity index (χ0n) is 45.5. The number of phosphoric ester groups is 1. The van der Waals surface area contributed by atoms with E-state index in [4.69, 9.17) is 18.5 Å². The van der Waals surface area contributed by atoms with Crippen LogP contribution in [-0.2, 0) is 32.7 Å². The van der Waals surface area contributed by atoms with Crippen molar-refractivity contribution in [1.29, 1.82) is 0 Å². The Balaban J connectivity index is 4.12. The molecular weight excluding hydrogens is 894 g/mol. The van der Waals surface area contributed by atoms with Crippen LogP contribution in [0.5, 0.6) is 0 Å². The zero-order valence-corrected chi connectivity index (χ0v) is 46.4. The summed E-state index contributed by atoms with van der Waals surface area (Å²) in [4.78, 5) is 35.6. The van der Waals surface area contributed by atoms with Gasteiger partial charge < -0.3 is 18.9 Å². The first kappa shape index (κ1) is 66.9. The molecule has 0 spiro atoms. The van der Waals surface area contributed by atoms with Crippen molar-refractivity contribution in [3.05, 3.63) is 97.2 Å². The highest BCUT2D eigenvalue weighted by Gasteiger charge is 2.27. The second-order valence-corrected chi connectivity index (χ2v) is 21.0. The fourth-order valence-corrected chi connectivity index (χ4v) is 8.09. The molecule has 0 radical (unpaired) electrons. The lowest BCUT2D eigenvalue weighted by molar-refractivity contribution is -0.870. The number of nitrogens with zero attached hydrogens (tertiary/aromatic N) is 1.